The molecular weight excluding hydrogens is 286 g/mol. The molecular formula is C18H25N5. The van der Waals surface area contributed by atoms with Crippen LogP contribution in [0.3, 0.4) is 0 Å². The molecule has 0 amide bonds. The van der Waals surface area contributed by atoms with Crippen molar-refractivity contribution in [3.8, 4) is 11.3 Å². The van der Waals surface area contributed by atoms with Crippen LogP contribution in [0.4, 0.5) is 11.8 Å². The summed E-state index contributed by atoms with van der Waals surface area (Å²) in [5, 5.41) is 0. The zero-order valence-electron chi connectivity index (χ0n) is 14.2. The van der Waals surface area contributed by atoms with Crippen LogP contribution in [0.1, 0.15) is 31.4 Å². The van der Waals surface area contributed by atoms with E-state index in [1.807, 2.05) is 6.07 Å². The van der Waals surface area contributed by atoms with Crippen LogP contribution >= 0.6 is 0 Å². The molecule has 0 radical (unpaired) electrons. The average Bonchev–Trinajstić information content (AvgIpc) is 3.08. The Labute approximate surface area is 138 Å². The Hall–Kier alpha value is -2.14. The van der Waals surface area contributed by atoms with Crippen molar-refractivity contribution in [2.75, 3.05) is 37.8 Å². The van der Waals surface area contributed by atoms with Gasteiger partial charge in [-0.05, 0) is 39.4 Å². The molecule has 0 aliphatic carbocycles. The summed E-state index contributed by atoms with van der Waals surface area (Å²) in [5.41, 5.74) is 9.26. The molecule has 1 aliphatic rings. The van der Waals surface area contributed by atoms with E-state index in [4.69, 9.17) is 10.7 Å². The van der Waals surface area contributed by atoms with Crippen LogP contribution in [-0.4, -0.2) is 42.1 Å². The zero-order chi connectivity index (χ0) is 16.4. The molecule has 1 aliphatic heterocycles. The Kier molecular flexibility index (Phi) is 4.48. The molecule has 2 aromatic rings. The lowest BCUT2D eigenvalue weighted by Crippen LogP contribution is -2.21. The Balaban J connectivity index is 1.89. The van der Waals surface area contributed by atoms with Gasteiger partial charge in [-0.1, -0.05) is 24.3 Å². The maximum absolute atomic E-state index is 6.00. The Bertz CT molecular complexity index is 660. The Morgan fingerprint density at radius 3 is 2.35 bits per heavy atom. The maximum atomic E-state index is 6.00. The maximum Gasteiger partial charge on any atom is 0.227 e. The fourth-order valence-corrected chi connectivity index (χ4v) is 2.89. The molecule has 122 valence electrons. The van der Waals surface area contributed by atoms with Crippen LogP contribution < -0.4 is 10.6 Å². The first-order valence-corrected chi connectivity index (χ1v) is 8.21. The molecule has 3 rings (SSSR count). The molecule has 0 unspecified atom stereocenters. The lowest BCUT2D eigenvalue weighted by molar-refractivity contribution is 0.321. The van der Waals surface area contributed by atoms with Crippen molar-refractivity contribution < 1.29 is 0 Å². The minimum atomic E-state index is 0.389. The van der Waals surface area contributed by atoms with Crippen molar-refractivity contribution >= 4 is 11.8 Å². The van der Waals surface area contributed by atoms with Gasteiger partial charge in [0.2, 0.25) is 5.95 Å². The summed E-state index contributed by atoms with van der Waals surface area (Å²) < 4.78 is 0. The molecule has 1 aromatic carbocycles. The summed E-state index contributed by atoms with van der Waals surface area (Å²) in [5.74, 6) is 1.28. The highest BCUT2D eigenvalue weighted by Gasteiger charge is 2.16. The molecule has 23 heavy (non-hydrogen) atoms. The number of benzene rings is 1. The predicted octanol–water partition coefficient (Wildman–Crippen LogP) is 2.95. The van der Waals surface area contributed by atoms with Crippen LogP contribution in [0.15, 0.2) is 30.3 Å². The second-order valence-electron chi connectivity index (χ2n) is 6.43. The van der Waals surface area contributed by atoms with Gasteiger partial charge in [-0.2, -0.15) is 4.98 Å². The fourth-order valence-electron chi connectivity index (χ4n) is 2.89. The fraction of sp³-hybridized carbons (Fsp3) is 0.444. The molecule has 1 fully saturated rings. The standard InChI is InChI=1S/C18H25N5/c1-13(22(2)3)14-6-8-15(9-7-14)16-12-17(19)21-18(20-16)23-10-4-5-11-23/h6-9,12-13H,4-5,10-11H2,1-3H3,(H2,19,20,21)/t13-/m1/s1. The molecule has 2 N–H and O–H groups in total. The third kappa shape index (κ3) is 3.45. The zero-order valence-corrected chi connectivity index (χ0v) is 14.2. The molecule has 0 spiro atoms. The Morgan fingerprint density at radius 1 is 1.09 bits per heavy atom. The van der Waals surface area contributed by atoms with E-state index in [2.05, 4.69) is 60.1 Å². The van der Waals surface area contributed by atoms with Crippen LogP contribution in [0, 0.1) is 0 Å². The molecule has 1 saturated heterocycles. The van der Waals surface area contributed by atoms with Gasteiger partial charge in [-0.15, -0.1) is 0 Å². The second-order valence-corrected chi connectivity index (χ2v) is 6.43. The van der Waals surface area contributed by atoms with Crippen molar-refractivity contribution in [1.82, 2.24) is 14.9 Å². The lowest BCUT2D eigenvalue weighted by Gasteiger charge is -2.20. The molecule has 1 atom stereocenters. The quantitative estimate of drug-likeness (QED) is 0.941. The molecule has 5 nitrogen and oxygen atoms in total. The van der Waals surface area contributed by atoms with Crippen molar-refractivity contribution in [1.29, 1.82) is 0 Å². The van der Waals surface area contributed by atoms with Crippen molar-refractivity contribution in [3.63, 3.8) is 0 Å². The largest absolute Gasteiger partial charge is 0.384 e. The van der Waals surface area contributed by atoms with Gasteiger partial charge in [-0.3, -0.25) is 0 Å². The third-order valence-corrected chi connectivity index (χ3v) is 4.59. The normalized spacial score (nSPS) is 16.1. The van der Waals surface area contributed by atoms with Crippen molar-refractivity contribution in [2.45, 2.75) is 25.8 Å². The minimum Gasteiger partial charge on any atom is -0.384 e. The van der Waals surface area contributed by atoms with E-state index in [1.54, 1.807) is 0 Å². The highest BCUT2D eigenvalue weighted by molar-refractivity contribution is 5.64. The SMILES string of the molecule is C[C@H](c1ccc(-c2cc(N)nc(N3CCCC3)n2)cc1)N(C)C. The minimum absolute atomic E-state index is 0.389. The number of hydrogen-bond donors (Lipinski definition) is 1. The Morgan fingerprint density at radius 2 is 1.74 bits per heavy atom. The van der Waals surface area contributed by atoms with Gasteiger partial charge in [0.25, 0.3) is 0 Å². The summed E-state index contributed by atoms with van der Waals surface area (Å²) in [6, 6.07) is 10.8. The predicted molar refractivity (Wildman–Crippen MR) is 95.4 cm³/mol. The number of nitrogens with zero attached hydrogens (tertiary/aromatic N) is 4. The van der Waals surface area contributed by atoms with Gasteiger partial charge < -0.3 is 15.5 Å². The van der Waals surface area contributed by atoms with Gasteiger partial charge in [0.1, 0.15) is 5.82 Å². The summed E-state index contributed by atoms with van der Waals surface area (Å²) >= 11 is 0. The number of nitrogens with two attached hydrogens (primary N) is 1. The number of nitrogen functional groups attached to an aromatic ring is 1. The van der Waals surface area contributed by atoms with E-state index in [0.29, 0.717) is 11.9 Å². The van der Waals surface area contributed by atoms with E-state index < -0.39 is 0 Å². The first kappa shape index (κ1) is 15.7. The van der Waals surface area contributed by atoms with Crippen LogP contribution in [0.2, 0.25) is 0 Å². The van der Waals surface area contributed by atoms with Crippen molar-refractivity contribution in [3.05, 3.63) is 35.9 Å². The van der Waals surface area contributed by atoms with E-state index in [1.165, 1.54) is 18.4 Å². The summed E-state index contributed by atoms with van der Waals surface area (Å²) in [7, 11) is 4.18. The van der Waals surface area contributed by atoms with Crippen molar-refractivity contribution in [2.24, 2.45) is 0 Å². The molecule has 0 saturated carbocycles. The number of aromatic nitrogens is 2. The summed E-state index contributed by atoms with van der Waals surface area (Å²) in [4.78, 5) is 13.5. The van der Waals surface area contributed by atoms with E-state index in [0.717, 1.165) is 30.3 Å². The van der Waals surface area contributed by atoms with Gasteiger partial charge in [-0.25, -0.2) is 4.98 Å². The highest BCUT2D eigenvalue weighted by Crippen LogP contribution is 2.26. The van der Waals surface area contributed by atoms with Gasteiger partial charge in [0, 0.05) is 30.8 Å². The average molecular weight is 311 g/mol. The summed E-state index contributed by atoms with van der Waals surface area (Å²) in [6.45, 7) is 4.23. The molecule has 5 heteroatoms. The first-order chi connectivity index (χ1) is 11.0. The molecule has 2 heterocycles. The van der Waals surface area contributed by atoms with E-state index >= 15 is 0 Å². The van der Waals surface area contributed by atoms with Gasteiger partial charge in [0.15, 0.2) is 0 Å². The van der Waals surface area contributed by atoms with Crippen LogP contribution in [0.5, 0.6) is 0 Å². The molecule has 0 bridgehead atoms. The monoisotopic (exact) mass is 311 g/mol. The topological polar surface area (TPSA) is 58.3 Å². The smallest absolute Gasteiger partial charge is 0.227 e. The highest BCUT2D eigenvalue weighted by atomic mass is 15.3. The third-order valence-electron chi connectivity index (χ3n) is 4.59. The molecule has 1 aromatic heterocycles. The van der Waals surface area contributed by atoms with E-state index in [-0.39, 0.29) is 0 Å². The summed E-state index contributed by atoms with van der Waals surface area (Å²) in [6.07, 6.45) is 2.40. The van der Waals surface area contributed by atoms with Gasteiger partial charge >= 0.3 is 0 Å². The van der Waals surface area contributed by atoms with E-state index in [9.17, 15) is 0 Å². The number of rotatable bonds is 4. The van der Waals surface area contributed by atoms with Crippen LogP contribution in [0.25, 0.3) is 11.3 Å². The van der Waals surface area contributed by atoms with Crippen LogP contribution in [-0.2, 0) is 0 Å². The number of anilines is 2. The van der Waals surface area contributed by atoms with Gasteiger partial charge in [0.05, 0.1) is 5.69 Å². The first-order valence-electron chi connectivity index (χ1n) is 8.21. The second kappa shape index (κ2) is 6.54. The lowest BCUT2D eigenvalue weighted by atomic mass is 10.0. The number of hydrogen-bond acceptors (Lipinski definition) is 5.